The first-order chi connectivity index (χ1) is 24.1. The number of ether oxygens (including phenoxy) is 2. The number of unbranched alkanes of at least 4 members (excludes halogenated alkanes) is 8. The molecular formula is C41H73NO7P+. The number of likely N-dealkylation sites (N-methyl/N-ethyl adjacent to an activating group) is 1. The molecule has 0 bridgehead atoms. The van der Waals surface area contributed by atoms with Gasteiger partial charge in [0, 0.05) is 13.0 Å². The lowest BCUT2D eigenvalue weighted by Crippen LogP contribution is -2.37. The molecule has 0 aliphatic carbocycles. The number of allylic oxidation sites excluding steroid dienone is 12. The molecule has 288 valence electrons. The normalized spacial score (nSPS) is 14.8. The third-order valence-electron chi connectivity index (χ3n) is 7.48. The minimum Gasteiger partial charge on any atom is -0.457 e. The first-order valence-electron chi connectivity index (χ1n) is 19.2. The number of carbonyl (C=O) groups is 1. The summed E-state index contributed by atoms with van der Waals surface area (Å²) < 4.78 is 34.7. The van der Waals surface area contributed by atoms with Crippen molar-refractivity contribution >= 4 is 13.8 Å². The highest BCUT2D eigenvalue weighted by Crippen LogP contribution is 2.43. The van der Waals surface area contributed by atoms with Gasteiger partial charge in [-0.25, -0.2) is 4.57 Å². The Bertz CT molecular complexity index is 1030. The molecule has 0 rings (SSSR count). The van der Waals surface area contributed by atoms with Gasteiger partial charge in [-0.3, -0.25) is 13.8 Å². The van der Waals surface area contributed by atoms with E-state index in [1.54, 1.807) is 0 Å². The van der Waals surface area contributed by atoms with Gasteiger partial charge in [0.05, 0.1) is 34.4 Å². The van der Waals surface area contributed by atoms with Crippen molar-refractivity contribution in [1.29, 1.82) is 0 Å². The standard InChI is InChI=1S/C41H72NO7P/c1-6-8-10-12-14-16-18-19-20-21-22-23-24-25-27-29-31-33-36-46-38-40(39-48-50(44,45)47-37-35-42(3,4)5)49-41(43)34-32-30-28-26-17-15-13-11-9-7-2/h8,10-11,13-14,16,19-20,22-23,25,27,40H,6-7,9,12,15,17-18,21,24,26,28-39H2,1-5H3/p+1/b10-8-,13-11-,16-14-,20-19-,23-22-,27-25-. The monoisotopic (exact) mass is 723 g/mol. The number of hydrogen-bond acceptors (Lipinski definition) is 6. The van der Waals surface area contributed by atoms with Gasteiger partial charge in [-0.15, -0.1) is 0 Å². The third-order valence-corrected chi connectivity index (χ3v) is 8.47. The minimum absolute atomic E-state index is 0.0746. The van der Waals surface area contributed by atoms with E-state index in [-0.39, 0.29) is 25.8 Å². The molecule has 0 saturated carbocycles. The Hall–Kier alpha value is -2.06. The van der Waals surface area contributed by atoms with Crippen molar-refractivity contribution in [1.82, 2.24) is 0 Å². The van der Waals surface area contributed by atoms with Crippen LogP contribution in [0.2, 0.25) is 0 Å². The Balaban J connectivity index is 4.39. The molecule has 0 aliphatic heterocycles. The van der Waals surface area contributed by atoms with E-state index in [2.05, 4.69) is 86.8 Å². The lowest BCUT2D eigenvalue weighted by molar-refractivity contribution is -0.870. The zero-order valence-electron chi connectivity index (χ0n) is 32.4. The van der Waals surface area contributed by atoms with E-state index in [1.165, 1.54) is 12.8 Å². The summed E-state index contributed by atoms with van der Waals surface area (Å²) in [5, 5.41) is 0. The van der Waals surface area contributed by atoms with Gasteiger partial charge in [-0.05, 0) is 77.0 Å². The van der Waals surface area contributed by atoms with E-state index in [0.717, 1.165) is 89.9 Å². The van der Waals surface area contributed by atoms with Crippen LogP contribution in [0.4, 0.5) is 0 Å². The molecule has 50 heavy (non-hydrogen) atoms. The maximum atomic E-state index is 12.6. The van der Waals surface area contributed by atoms with Crippen LogP contribution in [0.15, 0.2) is 72.9 Å². The van der Waals surface area contributed by atoms with Crippen LogP contribution in [0, 0.1) is 0 Å². The van der Waals surface area contributed by atoms with Crippen LogP contribution in [0.3, 0.4) is 0 Å². The quantitative estimate of drug-likeness (QED) is 0.0232. The number of phosphoric ester groups is 1. The number of nitrogens with zero attached hydrogens (tertiary/aromatic N) is 1. The molecule has 0 fully saturated rings. The van der Waals surface area contributed by atoms with Crippen LogP contribution >= 0.6 is 7.82 Å². The Labute approximate surface area is 306 Å². The summed E-state index contributed by atoms with van der Waals surface area (Å²) in [6.07, 6.45) is 42.3. The van der Waals surface area contributed by atoms with Crippen molar-refractivity contribution in [2.75, 3.05) is 54.1 Å². The van der Waals surface area contributed by atoms with Gasteiger partial charge in [-0.1, -0.05) is 112 Å². The summed E-state index contributed by atoms with van der Waals surface area (Å²) in [6, 6.07) is 0. The third kappa shape index (κ3) is 37.2. The molecule has 9 heteroatoms. The summed E-state index contributed by atoms with van der Waals surface area (Å²) >= 11 is 0. The van der Waals surface area contributed by atoms with Crippen molar-refractivity contribution < 1.29 is 37.3 Å². The van der Waals surface area contributed by atoms with Gasteiger partial charge in [0.25, 0.3) is 0 Å². The van der Waals surface area contributed by atoms with Crippen molar-refractivity contribution in [2.45, 2.75) is 129 Å². The number of quaternary nitrogens is 1. The smallest absolute Gasteiger partial charge is 0.457 e. The molecule has 0 spiro atoms. The molecule has 0 radical (unpaired) electrons. The molecule has 1 N–H and O–H groups in total. The Morgan fingerprint density at radius 1 is 0.640 bits per heavy atom. The summed E-state index contributed by atoms with van der Waals surface area (Å²) in [5.41, 5.74) is 0. The Morgan fingerprint density at radius 2 is 1.16 bits per heavy atom. The van der Waals surface area contributed by atoms with Crippen molar-refractivity contribution in [2.24, 2.45) is 0 Å². The van der Waals surface area contributed by atoms with E-state index in [0.29, 0.717) is 24.1 Å². The van der Waals surface area contributed by atoms with Crippen LogP contribution < -0.4 is 0 Å². The first-order valence-corrected chi connectivity index (χ1v) is 20.7. The van der Waals surface area contributed by atoms with E-state index in [4.69, 9.17) is 18.5 Å². The van der Waals surface area contributed by atoms with Crippen molar-refractivity contribution in [3.63, 3.8) is 0 Å². The van der Waals surface area contributed by atoms with Crippen LogP contribution in [-0.2, 0) is 27.9 Å². The number of esters is 1. The molecule has 0 saturated heterocycles. The van der Waals surface area contributed by atoms with Gasteiger partial charge in [-0.2, -0.15) is 0 Å². The highest BCUT2D eigenvalue weighted by molar-refractivity contribution is 7.47. The molecule has 0 heterocycles. The molecule has 0 amide bonds. The summed E-state index contributed by atoms with van der Waals surface area (Å²) in [7, 11) is 1.62. The van der Waals surface area contributed by atoms with Crippen LogP contribution in [0.1, 0.15) is 123 Å². The summed E-state index contributed by atoms with van der Waals surface area (Å²) in [4.78, 5) is 22.7. The lowest BCUT2D eigenvalue weighted by Gasteiger charge is -2.24. The lowest BCUT2D eigenvalue weighted by atomic mass is 10.1. The molecular weight excluding hydrogens is 649 g/mol. The maximum absolute atomic E-state index is 12.6. The first kappa shape index (κ1) is 47.9. The zero-order chi connectivity index (χ0) is 37.0. The summed E-state index contributed by atoms with van der Waals surface area (Å²) in [5.74, 6) is -0.346. The van der Waals surface area contributed by atoms with Gasteiger partial charge in [0.2, 0.25) is 0 Å². The van der Waals surface area contributed by atoms with Gasteiger partial charge >= 0.3 is 13.8 Å². The van der Waals surface area contributed by atoms with Crippen molar-refractivity contribution in [3.05, 3.63) is 72.9 Å². The number of rotatable bonds is 34. The molecule has 0 aromatic rings. The maximum Gasteiger partial charge on any atom is 0.472 e. The zero-order valence-corrected chi connectivity index (χ0v) is 33.2. The van der Waals surface area contributed by atoms with E-state index >= 15 is 0 Å². The fourth-order valence-corrected chi connectivity index (χ4v) is 5.26. The molecule has 8 nitrogen and oxygen atoms in total. The molecule has 2 unspecified atom stereocenters. The van der Waals surface area contributed by atoms with Gasteiger partial charge in [0.1, 0.15) is 19.3 Å². The average molecular weight is 723 g/mol. The Morgan fingerprint density at radius 3 is 1.76 bits per heavy atom. The van der Waals surface area contributed by atoms with Crippen molar-refractivity contribution in [3.8, 4) is 0 Å². The van der Waals surface area contributed by atoms with E-state index < -0.39 is 13.9 Å². The fraction of sp³-hybridized carbons (Fsp3) is 0.683. The molecule has 0 aliphatic rings. The van der Waals surface area contributed by atoms with Gasteiger partial charge in [0.15, 0.2) is 0 Å². The SMILES string of the molecule is CC/C=C\C/C=C\C/C=C\C/C=C\C/C=C\CCCCOCC(COP(=O)(O)OCC[N+](C)(C)C)OC(=O)CCCCCCC/C=C\CCC. The predicted molar refractivity (Wildman–Crippen MR) is 210 cm³/mol. The molecule has 0 aromatic heterocycles. The minimum atomic E-state index is -4.28. The highest BCUT2D eigenvalue weighted by Gasteiger charge is 2.26. The molecule has 2 atom stereocenters. The number of carbonyl (C=O) groups excluding carboxylic acids is 1. The van der Waals surface area contributed by atoms with Crippen LogP contribution in [0.5, 0.6) is 0 Å². The van der Waals surface area contributed by atoms with Crippen LogP contribution in [-0.4, -0.2) is 75.6 Å². The highest BCUT2D eigenvalue weighted by atomic mass is 31.2. The van der Waals surface area contributed by atoms with E-state index in [1.807, 2.05) is 21.1 Å². The second kappa shape index (κ2) is 34.0. The number of phosphoric acid groups is 1. The fourth-order valence-electron chi connectivity index (χ4n) is 4.52. The van der Waals surface area contributed by atoms with E-state index in [9.17, 15) is 14.3 Å². The van der Waals surface area contributed by atoms with Crippen LogP contribution in [0.25, 0.3) is 0 Å². The number of hydrogen-bond donors (Lipinski definition) is 1. The van der Waals surface area contributed by atoms with Gasteiger partial charge < -0.3 is 18.9 Å². The largest absolute Gasteiger partial charge is 0.472 e. The second-order valence-corrected chi connectivity index (χ2v) is 15.0. The second-order valence-electron chi connectivity index (χ2n) is 13.6. The molecule has 0 aromatic carbocycles. The Kier molecular flexibility index (Phi) is 32.6. The topological polar surface area (TPSA) is 91.3 Å². The summed E-state index contributed by atoms with van der Waals surface area (Å²) in [6.45, 7) is 5.28. The average Bonchev–Trinajstić information content (AvgIpc) is 3.06. The predicted octanol–water partition coefficient (Wildman–Crippen LogP) is 10.8.